The summed E-state index contributed by atoms with van der Waals surface area (Å²) in [6, 6.07) is 1.65. The summed E-state index contributed by atoms with van der Waals surface area (Å²) in [6.07, 6.45) is 5.51. The van der Waals surface area contributed by atoms with Crippen molar-refractivity contribution in [3.63, 3.8) is 0 Å². The number of nitrogens with one attached hydrogen (secondary N) is 1. The number of nitrogens with zero attached hydrogens (tertiary/aromatic N) is 1. The SMILES string of the molecule is O=C(CCCCBr)Nc1cnccc1Cl. The van der Waals surface area contributed by atoms with Gasteiger partial charge in [-0.1, -0.05) is 27.5 Å². The van der Waals surface area contributed by atoms with Crippen molar-refractivity contribution in [2.45, 2.75) is 19.3 Å². The number of halogens is 2. The Morgan fingerprint density at radius 3 is 3.00 bits per heavy atom. The number of hydrogen-bond acceptors (Lipinski definition) is 2. The topological polar surface area (TPSA) is 42.0 Å². The van der Waals surface area contributed by atoms with Crippen LogP contribution in [-0.2, 0) is 4.79 Å². The molecule has 0 aliphatic carbocycles. The van der Waals surface area contributed by atoms with Gasteiger partial charge in [-0.25, -0.2) is 0 Å². The lowest BCUT2D eigenvalue weighted by Crippen LogP contribution is -2.11. The van der Waals surface area contributed by atoms with E-state index in [2.05, 4.69) is 26.2 Å². The van der Waals surface area contributed by atoms with Gasteiger partial charge in [-0.2, -0.15) is 0 Å². The van der Waals surface area contributed by atoms with E-state index >= 15 is 0 Å². The fraction of sp³-hybridized carbons (Fsp3) is 0.400. The molecule has 0 atom stereocenters. The summed E-state index contributed by atoms with van der Waals surface area (Å²) < 4.78 is 0. The Balaban J connectivity index is 2.41. The van der Waals surface area contributed by atoms with Crippen LogP contribution >= 0.6 is 27.5 Å². The second-order valence-electron chi connectivity index (χ2n) is 3.05. The van der Waals surface area contributed by atoms with Crippen molar-refractivity contribution < 1.29 is 4.79 Å². The van der Waals surface area contributed by atoms with Crippen LogP contribution in [0.1, 0.15) is 19.3 Å². The molecule has 1 aromatic rings. The average molecular weight is 292 g/mol. The van der Waals surface area contributed by atoms with Gasteiger partial charge in [-0.05, 0) is 18.9 Å². The number of hydrogen-bond donors (Lipinski definition) is 1. The Bertz CT molecular complexity index is 333. The minimum Gasteiger partial charge on any atom is -0.324 e. The summed E-state index contributed by atoms with van der Waals surface area (Å²) in [6.45, 7) is 0. The molecular formula is C10H12BrClN2O. The van der Waals surface area contributed by atoms with Gasteiger partial charge in [0, 0.05) is 17.9 Å². The van der Waals surface area contributed by atoms with Gasteiger partial charge in [0.25, 0.3) is 0 Å². The van der Waals surface area contributed by atoms with Gasteiger partial charge in [-0.3, -0.25) is 9.78 Å². The molecule has 1 aromatic heterocycles. The molecule has 0 aliphatic rings. The number of aromatic nitrogens is 1. The van der Waals surface area contributed by atoms with Crippen molar-refractivity contribution in [3.05, 3.63) is 23.5 Å². The maximum absolute atomic E-state index is 11.4. The van der Waals surface area contributed by atoms with E-state index in [-0.39, 0.29) is 5.91 Å². The molecule has 3 nitrogen and oxygen atoms in total. The molecule has 0 unspecified atom stereocenters. The van der Waals surface area contributed by atoms with E-state index in [1.165, 1.54) is 0 Å². The van der Waals surface area contributed by atoms with Crippen LogP contribution in [-0.4, -0.2) is 16.2 Å². The van der Waals surface area contributed by atoms with Crippen LogP contribution in [0.3, 0.4) is 0 Å². The summed E-state index contributed by atoms with van der Waals surface area (Å²) in [7, 11) is 0. The van der Waals surface area contributed by atoms with Crippen molar-refractivity contribution in [2.24, 2.45) is 0 Å². The quantitative estimate of drug-likeness (QED) is 0.668. The molecule has 5 heteroatoms. The number of carbonyl (C=O) groups is 1. The predicted molar refractivity (Wildman–Crippen MR) is 65.5 cm³/mol. The Hall–Kier alpha value is -0.610. The first kappa shape index (κ1) is 12.5. The fourth-order valence-corrected chi connectivity index (χ4v) is 1.61. The molecule has 1 rings (SSSR count). The molecule has 1 heterocycles. The van der Waals surface area contributed by atoms with Gasteiger partial charge < -0.3 is 5.32 Å². The predicted octanol–water partition coefficient (Wildman–Crippen LogP) is 3.24. The van der Waals surface area contributed by atoms with Crippen LogP contribution in [0.5, 0.6) is 0 Å². The summed E-state index contributed by atoms with van der Waals surface area (Å²) in [5, 5.41) is 4.16. The standard InChI is InChI=1S/C10H12BrClN2O/c11-5-2-1-3-10(15)14-9-7-13-6-4-8(9)12/h4,6-7H,1-3,5H2,(H,14,15). The summed E-state index contributed by atoms with van der Waals surface area (Å²) >= 11 is 9.18. The first-order valence-electron chi connectivity index (χ1n) is 4.69. The molecule has 15 heavy (non-hydrogen) atoms. The van der Waals surface area contributed by atoms with E-state index in [1.807, 2.05) is 0 Å². The van der Waals surface area contributed by atoms with Crippen molar-refractivity contribution in [2.75, 3.05) is 10.6 Å². The van der Waals surface area contributed by atoms with E-state index in [9.17, 15) is 4.79 Å². The number of amides is 1. The number of pyridine rings is 1. The minimum atomic E-state index is -0.0224. The lowest BCUT2D eigenvalue weighted by atomic mass is 10.2. The van der Waals surface area contributed by atoms with Crippen LogP contribution < -0.4 is 5.32 Å². The van der Waals surface area contributed by atoms with E-state index in [4.69, 9.17) is 11.6 Å². The second kappa shape index (κ2) is 6.80. The molecule has 1 amide bonds. The number of alkyl halides is 1. The molecule has 0 spiro atoms. The van der Waals surface area contributed by atoms with Crippen molar-refractivity contribution in [1.82, 2.24) is 4.98 Å². The Labute approximate surface area is 102 Å². The fourth-order valence-electron chi connectivity index (χ4n) is 1.06. The monoisotopic (exact) mass is 290 g/mol. The van der Waals surface area contributed by atoms with E-state index in [0.29, 0.717) is 17.1 Å². The van der Waals surface area contributed by atoms with Gasteiger partial charge in [0.05, 0.1) is 16.9 Å². The number of carbonyl (C=O) groups excluding carboxylic acids is 1. The molecule has 82 valence electrons. The summed E-state index contributed by atoms with van der Waals surface area (Å²) in [4.78, 5) is 15.3. The molecule has 0 aliphatic heterocycles. The Morgan fingerprint density at radius 1 is 1.53 bits per heavy atom. The highest BCUT2D eigenvalue weighted by Gasteiger charge is 2.04. The zero-order chi connectivity index (χ0) is 11.1. The van der Waals surface area contributed by atoms with Crippen LogP contribution in [0.2, 0.25) is 5.02 Å². The van der Waals surface area contributed by atoms with Crippen molar-refractivity contribution in [1.29, 1.82) is 0 Å². The number of rotatable bonds is 5. The molecule has 0 saturated carbocycles. The maximum atomic E-state index is 11.4. The molecular weight excluding hydrogens is 279 g/mol. The molecule has 1 N–H and O–H groups in total. The smallest absolute Gasteiger partial charge is 0.224 e. The van der Waals surface area contributed by atoms with E-state index in [1.54, 1.807) is 18.5 Å². The molecule has 0 saturated heterocycles. The highest BCUT2D eigenvalue weighted by atomic mass is 79.9. The third-order valence-electron chi connectivity index (χ3n) is 1.83. The number of unbranched alkanes of at least 4 members (excludes halogenated alkanes) is 1. The first-order chi connectivity index (χ1) is 7.24. The lowest BCUT2D eigenvalue weighted by molar-refractivity contribution is -0.116. The van der Waals surface area contributed by atoms with Crippen molar-refractivity contribution in [3.8, 4) is 0 Å². The first-order valence-corrected chi connectivity index (χ1v) is 6.19. The highest BCUT2D eigenvalue weighted by Crippen LogP contribution is 2.19. The Kier molecular flexibility index (Phi) is 5.65. The minimum absolute atomic E-state index is 0.0224. The van der Waals surface area contributed by atoms with Gasteiger partial charge in [0.15, 0.2) is 0 Å². The molecule has 0 aromatic carbocycles. The number of anilines is 1. The summed E-state index contributed by atoms with van der Waals surface area (Å²) in [5.74, 6) is -0.0224. The second-order valence-corrected chi connectivity index (χ2v) is 4.25. The lowest BCUT2D eigenvalue weighted by Gasteiger charge is -2.05. The van der Waals surface area contributed by atoms with Crippen molar-refractivity contribution >= 4 is 39.1 Å². The zero-order valence-corrected chi connectivity index (χ0v) is 10.5. The third-order valence-corrected chi connectivity index (χ3v) is 2.72. The van der Waals surface area contributed by atoms with Gasteiger partial charge >= 0.3 is 0 Å². The largest absolute Gasteiger partial charge is 0.324 e. The van der Waals surface area contributed by atoms with Gasteiger partial charge in [-0.15, -0.1) is 0 Å². The zero-order valence-electron chi connectivity index (χ0n) is 8.17. The van der Waals surface area contributed by atoms with Crippen LogP contribution in [0.15, 0.2) is 18.5 Å². The molecule has 0 bridgehead atoms. The summed E-state index contributed by atoms with van der Waals surface area (Å²) in [5.41, 5.74) is 0.572. The van der Waals surface area contributed by atoms with E-state index in [0.717, 1.165) is 18.2 Å². The molecule has 0 radical (unpaired) electrons. The van der Waals surface area contributed by atoms with Gasteiger partial charge in [0.1, 0.15) is 0 Å². The highest BCUT2D eigenvalue weighted by molar-refractivity contribution is 9.09. The van der Waals surface area contributed by atoms with Crippen LogP contribution in [0.4, 0.5) is 5.69 Å². The normalized spacial score (nSPS) is 10.0. The maximum Gasteiger partial charge on any atom is 0.224 e. The van der Waals surface area contributed by atoms with Gasteiger partial charge in [0.2, 0.25) is 5.91 Å². The third kappa shape index (κ3) is 4.62. The van der Waals surface area contributed by atoms with E-state index < -0.39 is 0 Å². The van der Waals surface area contributed by atoms with Crippen LogP contribution in [0.25, 0.3) is 0 Å². The van der Waals surface area contributed by atoms with Crippen LogP contribution in [0, 0.1) is 0 Å². The molecule has 0 fully saturated rings. The average Bonchev–Trinajstić information content (AvgIpc) is 2.22. The Morgan fingerprint density at radius 2 is 2.33 bits per heavy atom.